The van der Waals surface area contributed by atoms with Crippen molar-refractivity contribution < 1.29 is 4.79 Å². The topological polar surface area (TPSA) is 43.1 Å². The standard InChI is InChI=1S/C18H29NO/c1-2-3-4-8-14-17(18(19)20)15-10-9-13-16-11-6-5-7-12-16/h5-7,11-12,17H,2-4,8-10,13-15H2,1H3,(H2,19,20)/t17-/m0/s1. The quantitative estimate of drug-likeness (QED) is 0.595. The van der Waals surface area contributed by atoms with Gasteiger partial charge >= 0.3 is 0 Å². The Bertz CT molecular complexity index is 361. The molecular formula is C18H29NO. The van der Waals surface area contributed by atoms with E-state index in [2.05, 4.69) is 31.2 Å². The second kappa shape index (κ2) is 10.5. The molecule has 0 aromatic heterocycles. The van der Waals surface area contributed by atoms with E-state index in [1.165, 1.54) is 24.8 Å². The lowest BCUT2D eigenvalue weighted by atomic mass is 9.93. The number of amides is 1. The number of carbonyl (C=O) groups is 1. The van der Waals surface area contributed by atoms with Crippen molar-refractivity contribution in [2.45, 2.75) is 64.7 Å². The van der Waals surface area contributed by atoms with Crippen molar-refractivity contribution in [3.63, 3.8) is 0 Å². The molecule has 1 atom stereocenters. The third kappa shape index (κ3) is 7.32. The molecule has 112 valence electrons. The third-order valence-electron chi connectivity index (χ3n) is 3.92. The van der Waals surface area contributed by atoms with Crippen LogP contribution >= 0.6 is 0 Å². The first-order chi connectivity index (χ1) is 9.74. The van der Waals surface area contributed by atoms with E-state index in [0.717, 1.165) is 38.5 Å². The van der Waals surface area contributed by atoms with Gasteiger partial charge < -0.3 is 5.73 Å². The van der Waals surface area contributed by atoms with Crippen LogP contribution in [0.3, 0.4) is 0 Å². The first-order valence-electron chi connectivity index (χ1n) is 8.07. The first-order valence-corrected chi connectivity index (χ1v) is 8.07. The number of aryl methyl sites for hydroxylation is 1. The highest BCUT2D eigenvalue weighted by Crippen LogP contribution is 2.18. The smallest absolute Gasteiger partial charge is 0.220 e. The molecule has 1 rings (SSSR count). The van der Waals surface area contributed by atoms with Crippen molar-refractivity contribution >= 4 is 5.91 Å². The molecule has 0 unspecified atom stereocenters. The van der Waals surface area contributed by atoms with E-state index in [-0.39, 0.29) is 11.8 Å². The van der Waals surface area contributed by atoms with Gasteiger partial charge in [0, 0.05) is 5.92 Å². The number of carbonyl (C=O) groups excluding carboxylic acids is 1. The fourth-order valence-electron chi connectivity index (χ4n) is 2.61. The molecule has 2 nitrogen and oxygen atoms in total. The highest BCUT2D eigenvalue weighted by atomic mass is 16.1. The summed E-state index contributed by atoms with van der Waals surface area (Å²) in [7, 11) is 0. The SMILES string of the molecule is CCCCCC[C@@H](CCCCc1ccccc1)C(N)=O. The highest BCUT2D eigenvalue weighted by Gasteiger charge is 2.14. The Morgan fingerprint density at radius 1 is 1.00 bits per heavy atom. The minimum absolute atomic E-state index is 0.0858. The maximum absolute atomic E-state index is 11.4. The Balaban J connectivity index is 2.17. The van der Waals surface area contributed by atoms with Gasteiger partial charge in [0.05, 0.1) is 0 Å². The van der Waals surface area contributed by atoms with Crippen molar-refractivity contribution in [3.8, 4) is 0 Å². The van der Waals surface area contributed by atoms with E-state index in [1.807, 2.05) is 6.07 Å². The molecule has 0 aliphatic heterocycles. The summed E-state index contributed by atoms with van der Waals surface area (Å²) in [5.41, 5.74) is 6.89. The summed E-state index contributed by atoms with van der Waals surface area (Å²) in [4.78, 5) is 11.4. The molecule has 0 radical (unpaired) electrons. The van der Waals surface area contributed by atoms with Crippen LogP contribution in [0.1, 0.15) is 63.9 Å². The lowest BCUT2D eigenvalue weighted by Crippen LogP contribution is -2.23. The van der Waals surface area contributed by atoms with Crippen molar-refractivity contribution in [2.24, 2.45) is 11.7 Å². The Kier molecular flexibility index (Phi) is 8.77. The van der Waals surface area contributed by atoms with E-state index >= 15 is 0 Å². The molecule has 0 saturated heterocycles. The average Bonchev–Trinajstić information content (AvgIpc) is 2.46. The van der Waals surface area contributed by atoms with Crippen LogP contribution in [0.25, 0.3) is 0 Å². The molecule has 2 heteroatoms. The van der Waals surface area contributed by atoms with Gasteiger partial charge in [0.15, 0.2) is 0 Å². The van der Waals surface area contributed by atoms with Gasteiger partial charge in [-0.1, -0.05) is 69.4 Å². The van der Waals surface area contributed by atoms with Gasteiger partial charge in [-0.3, -0.25) is 4.79 Å². The minimum atomic E-state index is -0.110. The van der Waals surface area contributed by atoms with Gasteiger partial charge in [0.1, 0.15) is 0 Å². The van der Waals surface area contributed by atoms with Crippen LogP contribution in [0.2, 0.25) is 0 Å². The van der Waals surface area contributed by atoms with Crippen molar-refractivity contribution in [3.05, 3.63) is 35.9 Å². The normalized spacial score (nSPS) is 12.2. The van der Waals surface area contributed by atoms with E-state index in [1.54, 1.807) is 0 Å². The van der Waals surface area contributed by atoms with Gasteiger partial charge in [-0.25, -0.2) is 0 Å². The Morgan fingerprint density at radius 2 is 1.65 bits per heavy atom. The zero-order valence-electron chi connectivity index (χ0n) is 12.8. The molecule has 0 aliphatic carbocycles. The molecule has 0 heterocycles. The van der Waals surface area contributed by atoms with E-state index in [0.29, 0.717) is 0 Å². The number of rotatable bonds is 11. The van der Waals surface area contributed by atoms with Gasteiger partial charge in [-0.2, -0.15) is 0 Å². The predicted octanol–water partition coefficient (Wildman–Crippen LogP) is 4.47. The zero-order valence-corrected chi connectivity index (χ0v) is 12.8. The number of nitrogens with two attached hydrogens (primary N) is 1. The number of benzene rings is 1. The van der Waals surface area contributed by atoms with Crippen LogP contribution in [0.15, 0.2) is 30.3 Å². The molecule has 1 aromatic carbocycles. The molecule has 0 aliphatic rings. The van der Waals surface area contributed by atoms with Crippen LogP contribution in [0.5, 0.6) is 0 Å². The van der Waals surface area contributed by atoms with Gasteiger partial charge in [-0.15, -0.1) is 0 Å². The largest absolute Gasteiger partial charge is 0.369 e. The summed E-state index contributed by atoms with van der Waals surface area (Å²) in [6.07, 6.45) is 10.1. The first kappa shape index (κ1) is 16.7. The third-order valence-corrected chi connectivity index (χ3v) is 3.92. The maximum atomic E-state index is 11.4. The summed E-state index contributed by atoms with van der Waals surface area (Å²) < 4.78 is 0. The highest BCUT2D eigenvalue weighted by molar-refractivity contribution is 5.76. The molecule has 2 N–H and O–H groups in total. The predicted molar refractivity (Wildman–Crippen MR) is 85.4 cm³/mol. The number of hydrogen-bond acceptors (Lipinski definition) is 1. The second-order valence-electron chi connectivity index (χ2n) is 5.68. The van der Waals surface area contributed by atoms with Crippen LogP contribution in [0.4, 0.5) is 0 Å². The molecule has 1 amide bonds. The van der Waals surface area contributed by atoms with E-state index < -0.39 is 0 Å². The molecule has 20 heavy (non-hydrogen) atoms. The molecule has 0 saturated carbocycles. The fraction of sp³-hybridized carbons (Fsp3) is 0.611. The minimum Gasteiger partial charge on any atom is -0.369 e. The summed E-state index contributed by atoms with van der Waals surface area (Å²) in [5, 5.41) is 0. The number of hydrogen-bond donors (Lipinski definition) is 1. The van der Waals surface area contributed by atoms with Crippen molar-refractivity contribution in [2.75, 3.05) is 0 Å². The summed E-state index contributed by atoms with van der Waals surface area (Å²) in [5.74, 6) is -0.0242. The van der Waals surface area contributed by atoms with Gasteiger partial charge in [0.2, 0.25) is 5.91 Å². The summed E-state index contributed by atoms with van der Waals surface area (Å²) in [6.45, 7) is 2.20. The summed E-state index contributed by atoms with van der Waals surface area (Å²) >= 11 is 0. The zero-order chi connectivity index (χ0) is 14.6. The maximum Gasteiger partial charge on any atom is 0.220 e. The van der Waals surface area contributed by atoms with Crippen LogP contribution in [0, 0.1) is 5.92 Å². The van der Waals surface area contributed by atoms with Crippen LogP contribution < -0.4 is 5.73 Å². The molecule has 1 aromatic rings. The fourth-order valence-corrected chi connectivity index (χ4v) is 2.61. The monoisotopic (exact) mass is 275 g/mol. The Morgan fingerprint density at radius 3 is 2.25 bits per heavy atom. The second-order valence-corrected chi connectivity index (χ2v) is 5.68. The average molecular weight is 275 g/mol. The number of unbranched alkanes of at least 4 members (excludes halogenated alkanes) is 4. The Labute approximate surface area is 123 Å². The lowest BCUT2D eigenvalue weighted by Gasteiger charge is -2.13. The number of primary amides is 1. The van der Waals surface area contributed by atoms with E-state index in [9.17, 15) is 4.79 Å². The van der Waals surface area contributed by atoms with Crippen LogP contribution in [-0.2, 0) is 11.2 Å². The molecular weight excluding hydrogens is 246 g/mol. The van der Waals surface area contributed by atoms with Gasteiger partial charge in [-0.05, 0) is 31.2 Å². The van der Waals surface area contributed by atoms with Crippen molar-refractivity contribution in [1.82, 2.24) is 0 Å². The van der Waals surface area contributed by atoms with Crippen LogP contribution in [-0.4, -0.2) is 5.91 Å². The van der Waals surface area contributed by atoms with Crippen molar-refractivity contribution in [1.29, 1.82) is 0 Å². The Hall–Kier alpha value is -1.31. The summed E-state index contributed by atoms with van der Waals surface area (Å²) in [6, 6.07) is 10.5. The van der Waals surface area contributed by atoms with E-state index in [4.69, 9.17) is 5.73 Å². The molecule has 0 bridgehead atoms. The molecule has 0 spiro atoms. The molecule has 0 fully saturated rings. The van der Waals surface area contributed by atoms with Gasteiger partial charge in [0.25, 0.3) is 0 Å². The lowest BCUT2D eigenvalue weighted by molar-refractivity contribution is -0.122.